The highest BCUT2D eigenvalue weighted by molar-refractivity contribution is 9.11. The molecule has 1 atom stereocenters. The van der Waals surface area contributed by atoms with Crippen molar-refractivity contribution in [3.8, 4) is 0 Å². The highest BCUT2D eigenvalue weighted by atomic mass is 79.9. The van der Waals surface area contributed by atoms with Gasteiger partial charge in [-0.25, -0.2) is 4.39 Å². The molecule has 2 N–H and O–H groups in total. The summed E-state index contributed by atoms with van der Waals surface area (Å²) in [5, 5.41) is 0.125. The van der Waals surface area contributed by atoms with Crippen LogP contribution >= 0.6 is 38.9 Å². The van der Waals surface area contributed by atoms with Crippen LogP contribution in [0.5, 0.6) is 0 Å². The van der Waals surface area contributed by atoms with Gasteiger partial charge in [-0.2, -0.15) is 0 Å². The predicted octanol–water partition coefficient (Wildman–Crippen LogP) is 4.55. The van der Waals surface area contributed by atoms with Crippen LogP contribution < -0.4 is 5.73 Å². The van der Waals surface area contributed by atoms with E-state index in [9.17, 15) is 4.39 Å². The van der Waals surface area contributed by atoms with Crippen LogP contribution in [0, 0.1) is 5.82 Å². The van der Waals surface area contributed by atoms with E-state index in [0.29, 0.717) is 6.42 Å². The summed E-state index contributed by atoms with van der Waals surface area (Å²) in [6.07, 6.45) is 0.692. The van der Waals surface area contributed by atoms with Gasteiger partial charge in [-0.3, -0.25) is 0 Å². The van der Waals surface area contributed by atoms with Crippen molar-refractivity contribution < 1.29 is 4.39 Å². The molecule has 2 rings (SSSR count). The Labute approximate surface area is 117 Å². The maximum Gasteiger partial charge on any atom is 0.142 e. The molecule has 0 aliphatic carbocycles. The van der Waals surface area contributed by atoms with E-state index < -0.39 is 5.82 Å². The summed E-state index contributed by atoms with van der Waals surface area (Å²) < 4.78 is 14.4. The monoisotopic (exact) mass is 333 g/mol. The second-order valence-electron chi connectivity index (χ2n) is 3.69. The minimum atomic E-state index is -0.424. The van der Waals surface area contributed by atoms with Gasteiger partial charge in [0, 0.05) is 17.3 Å². The Bertz CT molecular complexity index is 529. The number of rotatable bonds is 3. The molecule has 0 spiro atoms. The molecule has 90 valence electrons. The van der Waals surface area contributed by atoms with E-state index >= 15 is 0 Å². The Morgan fingerprint density at radius 1 is 1.35 bits per heavy atom. The van der Waals surface area contributed by atoms with Gasteiger partial charge in [0.25, 0.3) is 0 Å². The van der Waals surface area contributed by atoms with Crippen molar-refractivity contribution in [1.29, 1.82) is 0 Å². The van der Waals surface area contributed by atoms with Crippen LogP contribution in [0.25, 0.3) is 0 Å². The Balaban J connectivity index is 2.14. The van der Waals surface area contributed by atoms with Gasteiger partial charge in [-0.05, 0) is 45.8 Å². The third kappa shape index (κ3) is 3.28. The lowest BCUT2D eigenvalue weighted by Gasteiger charge is -2.11. The number of thiophene rings is 1. The number of halogens is 3. The lowest BCUT2D eigenvalue weighted by Crippen LogP contribution is -2.12. The molecular formula is C12H10BrClFNS. The third-order valence-electron chi connectivity index (χ3n) is 2.42. The fourth-order valence-electron chi connectivity index (χ4n) is 1.54. The molecule has 1 nitrogen and oxygen atoms in total. The van der Waals surface area contributed by atoms with E-state index in [1.807, 2.05) is 12.1 Å². The maximum atomic E-state index is 13.3. The number of hydrogen-bond acceptors (Lipinski definition) is 2. The van der Waals surface area contributed by atoms with Gasteiger partial charge in [0.15, 0.2) is 0 Å². The van der Waals surface area contributed by atoms with Crippen molar-refractivity contribution >= 4 is 38.9 Å². The third-order valence-corrected chi connectivity index (χ3v) is 4.37. The first kappa shape index (κ1) is 13.0. The van der Waals surface area contributed by atoms with Crippen LogP contribution in [0.1, 0.15) is 16.5 Å². The fourth-order valence-corrected chi connectivity index (χ4v) is 3.20. The van der Waals surface area contributed by atoms with Crippen molar-refractivity contribution in [3.05, 3.63) is 55.4 Å². The minimum absolute atomic E-state index is 0.125. The largest absolute Gasteiger partial charge is 0.324 e. The van der Waals surface area contributed by atoms with E-state index in [4.69, 9.17) is 17.3 Å². The molecule has 0 aliphatic heterocycles. The molecule has 0 bridgehead atoms. The quantitative estimate of drug-likeness (QED) is 0.876. The topological polar surface area (TPSA) is 26.0 Å². The van der Waals surface area contributed by atoms with E-state index in [0.717, 1.165) is 9.35 Å². The van der Waals surface area contributed by atoms with Crippen LogP contribution in [0.3, 0.4) is 0 Å². The summed E-state index contributed by atoms with van der Waals surface area (Å²) in [6.45, 7) is 0. The average Bonchev–Trinajstić information content (AvgIpc) is 2.68. The number of benzene rings is 1. The normalized spacial score (nSPS) is 12.7. The number of hydrogen-bond donors (Lipinski definition) is 1. The Morgan fingerprint density at radius 2 is 2.12 bits per heavy atom. The van der Waals surface area contributed by atoms with Crippen LogP contribution in [0.15, 0.2) is 34.1 Å². The van der Waals surface area contributed by atoms with Gasteiger partial charge in [-0.1, -0.05) is 17.7 Å². The molecule has 0 saturated heterocycles. The minimum Gasteiger partial charge on any atom is -0.324 e. The zero-order valence-electron chi connectivity index (χ0n) is 8.79. The maximum absolute atomic E-state index is 13.3. The van der Waals surface area contributed by atoms with E-state index in [1.54, 1.807) is 17.4 Å². The SMILES string of the molecule is NC(Cc1ccc(Br)s1)c1ccc(Cl)c(F)c1. The molecule has 0 radical (unpaired) electrons. The lowest BCUT2D eigenvalue weighted by atomic mass is 10.0. The van der Waals surface area contributed by atoms with Crippen molar-refractivity contribution in [2.45, 2.75) is 12.5 Å². The molecule has 0 fully saturated rings. The molecule has 2 aromatic rings. The van der Waals surface area contributed by atoms with Gasteiger partial charge in [0.1, 0.15) is 5.82 Å². The second kappa shape index (κ2) is 5.48. The highest BCUT2D eigenvalue weighted by Crippen LogP contribution is 2.27. The summed E-state index contributed by atoms with van der Waals surface area (Å²) in [6, 6.07) is 8.48. The lowest BCUT2D eigenvalue weighted by molar-refractivity contribution is 0.619. The Kier molecular flexibility index (Phi) is 4.20. The van der Waals surface area contributed by atoms with Gasteiger partial charge in [0.2, 0.25) is 0 Å². The molecule has 0 aliphatic rings. The highest BCUT2D eigenvalue weighted by Gasteiger charge is 2.11. The zero-order chi connectivity index (χ0) is 12.4. The second-order valence-corrected chi connectivity index (χ2v) is 6.64. The van der Waals surface area contributed by atoms with E-state index in [1.165, 1.54) is 17.0 Å². The summed E-state index contributed by atoms with van der Waals surface area (Å²) >= 11 is 10.7. The van der Waals surface area contributed by atoms with Crippen LogP contribution in [0.4, 0.5) is 4.39 Å². The number of nitrogens with two attached hydrogens (primary N) is 1. The van der Waals surface area contributed by atoms with Crippen LogP contribution in [-0.2, 0) is 6.42 Å². The van der Waals surface area contributed by atoms with Crippen molar-refractivity contribution in [3.63, 3.8) is 0 Å². The van der Waals surface area contributed by atoms with Gasteiger partial charge < -0.3 is 5.73 Å². The smallest absolute Gasteiger partial charge is 0.142 e. The first-order valence-electron chi connectivity index (χ1n) is 5.01. The molecule has 1 aromatic carbocycles. The molecule has 0 saturated carbocycles. The summed E-state index contributed by atoms with van der Waals surface area (Å²) in [4.78, 5) is 1.17. The van der Waals surface area contributed by atoms with Gasteiger partial charge in [0.05, 0.1) is 8.81 Å². The molecule has 0 amide bonds. The van der Waals surface area contributed by atoms with Gasteiger partial charge >= 0.3 is 0 Å². The fraction of sp³-hybridized carbons (Fsp3) is 0.167. The van der Waals surface area contributed by atoms with Crippen molar-refractivity contribution in [1.82, 2.24) is 0 Å². The van der Waals surface area contributed by atoms with Crippen molar-refractivity contribution in [2.24, 2.45) is 5.73 Å². The zero-order valence-corrected chi connectivity index (χ0v) is 11.9. The Hall–Kier alpha value is -0.420. The van der Waals surface area contributed by atoms with Crippen LogP contribution in [-0.4, -0.2) is 0 Å². The van der Waals surface area contributed by atoms with E-state index in [2.05, 4.69) is 15.9 Å². The average molecular weight is 335 g/mol. The summed E-state index contributed by atoms with van der Waals surface area (Å²) in [5.41, 5.74) is 6.80. The molecule has 5 heteroatoms. The van der Waals surface area contributed by atoms with Crippen LogP contribution in [0.2, 0.25) is 5.02 Å². The summed E-state index contributed by atoms with van der Waals surface area (Å²) in [5.74, 6) is -0.424. The Morgan fingerprint density at radius 3 is 2.71 bits per heavy atom. The molecular weight excluding hydrogens is 325 g/mol. The molecule has 17 heavy (non-hydrogen) atoms. The first-order valence-corrected chi connectivity index (χ1v) is 7.00. The first-order chi connectivity index (χ1) is 8.06. The van der Waals surface area contributed by atoms with Gasteiger partial charge in [-0.15, -0.1) is 11.3 Å². The standard InChI is InChI=1S/C12H10BrClFNS/c13-12-4-2-8(17-12)6-11(16)7-1-3-9(14)10(15)5-7/h1-5,11H,6,16H2. The predicted molar refractivity (Wildman–Crippen MR) is 74.1 cm³/mol. The molecule has 1 aromatic heterocycles. The van der Waals surface area contributed by atoms with E-state index in [-0.39, 0.29) is 11.1 Å². The summed E-state index contributed by atoms with van der Waals surface area (Å²) in [7, 11) is 0. The molecule has 1 heterocycles. The van der Waals surface area contributed by atoms with Crippen molar-refractivity contribution in [2.75, 3.05) is 0 Å². The molecule has 1 unspecified atom stereocenters.